The van der Waals surface area contributed by atoms with Crippen LogP contribution in [-0.4, -0.2) is 64.4 Å². The fraction of sp³-hybridized carbons (Fsp3) is 0.500. The molecular weight excluding hydrogens is 335 g/mol. The average Bonchev–Trinajstić information content (AvgIpc) is 3.01. The number of nitrogens with one attached hydrogen (secondary N) is 1. The summed E-state index contributed by atoms with van der Waals surface area (Å²) < 4.78 is 21.6. The van der Waals surface area contributed by atoms with Crippen LogP contribution in [0.4, 0.5) is 0 Å². The van der Waals surface area contributed by atoms with Gasteiger partial charge in [0.25, 0.3) is 5.56 Å². The average molecular weight is 348 g/mol. The number of phosphoric acid groups is 1. The van der Waals surface area contributed by atoms with Crippen LogP contribution in [0.2, 0.25) is 0 Å². The number of phosphoric ester groups is 1. The Morgan fingerprint density at radius 3 is 2.78 bits per heavy atom. The zero-order chi connectivity index (χ0) is 16.8. The van der Waals surface area contributed by atoms with Crippen molar-refractivity contribution in [2.45, 2.75) is 24.5 Å². The van der Waals surface area contributed by atoms with Gasteiger partial charge in [-0.05, 0) is 0 Å². The molecule has 23 heavy (non-hydrogen) atoms. The van der Waals surface area contributed by atoms with E-state index in [1.807, 2.05) is 0 Å². The highest BCUT2D eigenvalue weighted by Crippen LogP contribution is 2.38. The molecule has 5 N–H and O–H groups in total. The first-order chi connectivity index (χ1) is 10.8. The Morgan fingerprint density at radius 2 is 2.09 bits per heavy atom. The van der Waals surface area contributed by atoms with E-state index in [1.54, 1.807) is 0 Å². The van der Waals surface area contributed by atoms with Gasteiger partial charge in [-0.15, -0.1) is 0 Å². The van der Waals surface area contributed by atoms with Crippen LogP contribution in [0.25, 0.3) is 11.2 Å². The third kappa shape index (κ3) is 3.05. The third-order valence-electron chi connectivity index (χ3n) is 3.38. The van der Waals surface area contributed by atoms with E-state index < -0.39 is 44.5 Å². The van der Waals surface area contributed by atoms with Gasteiger partial charge in [0.05, 0.1) is 19.3 Å². The van der Waals surface area contributed by atoms with Crippen LogP contribution >= 0.6 is 7.82 Å². The van der Waals surface area contributed by atoms with Gasteiger partial charge in [0, 0.05) is 0 Å². The Hall–Kier alpha value is -1.66. The zero-order valence-corrected chi connectivity index (χ0v) is 12.3. The summed E-state index contributed by atoms with van der Waals surface area (Å²) >= 11 is 0. The number of aliphatic hydroxyl groups is 2. The number of imidazole rings is 1. The van der Waals surface area contributed by atoms with Crippen molar-refractivity contribution in [1.29, 1.82) is 0 Å². The summed E-state index contributed by atoms with van der Waals surface area (Å²) in [6, 6.07) is 0. The lowest BCUT2D eigenvalue weighted by molar-refractivity contribution is -0.0504. The minimum absolute atomic E-state index is 0.0210. The van der Waals surface area contributed by atoms with Crippen LogP contribution in [0.5, 0.6) is 0 Å². The van der Waals surface area contributed by atoms with Gasteiger partial charge in [0.2, 0.25) is 0 Å². The highest BCUT2D eigenvalue weighted by Gasteiger charge is 2.45. The standard InChI is InChI=1S/C10H13N4O8P/c15-6-4(1-21-23(18,19)20)22-10(7(6)16)14-3-13-5-8(14)11-2-12-9(5)17/h2-4,6-7,10,15-16H,1H2,(H,11,12,17)(H2,18,19,20)/t4-,6+,7-,10-/m0/s1. The highest BCUT2D eigenvalue weighted by molar-refractivity contribution is 7.46. The maximum Gasteiger partial charge on any atom is 0.469 e. The molecule has 3 heterocycles. The molecule has 2 aromatic heterocycles. The Kier molecular flexibility index (Phi) is 4.06. The molecule has 1 fully saturated rings. The Balaban J connectivity index is 1.87. The Bertz CT molecular complexity index is 815. The summed E-state index contributed by atoms with van der Waals surface area (Å²) in [5.74, 6) is 0. The van der Waals surface area contributed by atoms with Crippen molar-refractivity contribution in [1.82, 2.24) is 19.5 Å². The summed E-state index contributed by atoms with van der Waals surface area (Å²) in [5, 5.41) is 20.0. The quantitative estimate of drug-likeness (QED) is 0.382. The lowest BCUT2D eigenvalue weighted by Gasteiger charge is -2.16. The van der Waals surface area contributed by atoms with Crippen molar-refractivity contribution < 1.29 is 33.8 Å². The molecular formula is C10H13N4O8P. The van der Waals surface area contributed by atoms with Crippen molar-refractivity contribution in [3.63, 3.8) is 0 Å². The van der Waals surface area contributed by atoms with E-state index in [9.17, 15) is 19.6 Å². The summed E-state index contributed by atoms with van der Waals surface area (Å²) in [6.07, 6.45) is -2.85. The van der Waals surface area contributed by atoms with Gasteiger partial charge in [-0.25, -0.2) is 14.5 Å². The minimum Gasteiger partial charge on any atom is -0.387 e. The summed E-state index contributed by atoms with van der Waals surface area (Å²) in [7, 11) is -4.74. The van der Waals surface area contributed by atoms with E-state index in [-0.39, 0.29) is 11.2 Å². The number of nitrogens with zero attached hydrogens (tertiary/aromatic N) is 3. The molecule has 0 amide bonds. The summed E-state index contributed by atoms with van der Waals surface area (Å²) in [4.78, 5) is 39.1. The van der Waals surface area contributed by atoms with E-state index in [0.29, 0.717) is 0 Å². The molecule has 0 aromatic carbocycles. The SMILES string of the molecule is O=c1[nH]cnc2c1ncn2[C@H]1O[C@@H](COP(=O)(O)O)[C@@H](O)[C@@H]1O. The maximum absolute atomic E-state index is 11.6. The van der Waals surface area contributed by atoms with Crippen LogP contribution in [0.15, 0.2) is 17.4 Å². The third-order valence-corrected chi connectivity index (χ3v) is 3.87. The van der Waals surface area contributed by atoms with E-state index in [0.717, 1.165) is 6.33 Å². The number of hydrogen-bond acceptors (Lipinski definition) is 8. The van der Waals surface area contributed by atoms with E-state index in [4.69, 9.17) is 14.5 Å². The van der Waals surface area contributed by atoms with Gasteiger partial charge < -0.3 is 29.7 Å². The molecule has 3 rings (SSSR count). The zero-order valence-electron chi connectivity index (χ0n) is 11.4. The van der Waals surface area contributed by atoms with Crippen LogP contribution in [0.3, 0.4) is 0 Å². The van der Waals surface area contributed by atoms with E-state index >= 15 is 0 Å². The van der Waals surface area contributed by atoms with Crippen molar-refractivity contribution in [2.75, 3.05) is 6.61 Å². The molecule has 0 saturated carbocycles. The maximum atomic E-state index is 11.6. The van der Waals surface area contributed by atoms with Gasteiger partial charge in [0.15, 0.2) is 17.4 Å². The topological polar surface area (TPSA) is 180 Å². The minimum atomic E-state index is -4.74. The van der Waals surface area contributed by atoms with E-state index in [2.05, 4.69) is 19.5 Å². The Labute approximate surface area is 127 Å². The van der Waals surface area contributed by atoms with Crippen LogP contribution < -0.4 is 5.56 Å². The number of fused-ring (bicyclic) bond motifs is 1. The smallest absolute Gasteiger partial charge is 0.387 e. The lowest BCUT2D eigenvalue weighted by atomic mass is 10.1. The normalized spacial score (nSPS) is 28.5. The largest absolute Gasteiger partial charge is 0.469 e. The lowest BCUT2D eigenvalue weighted by Crippen LogP contribution is -2.33. The van der Waals surface area contributed by atoms with Gasteiger partial charge in [-0.1, -0.05) is 0 Å². The Morgan fingerprint density at radius 1 is 1.35 bits per heavy atom. The molecule has 13 heteroatoms. The number of aromatic amines is 1. The van der Waals surface area contributed by atoms with Crippen LogP contribution in [-0.2, 0) is 13.8 Å². The second-order valence-electron chi connectivity index (χ2n) is 4.89. The summed E-state index contributed by atoms with van der Waals surface area (Å²) in [6.45, 7) is -0.625. The van der Waals surface area contributed by atoms with Crippen molar-refractivity contribution in [3.05, 3.63) is 23.0 Å². The fourth-order valence-corrected chi connectivity index (χ4v) is 2.66. The van der Waals surface area contributed by atoms with Crippen LogP contribution in [0.1, 0.15) is 6.23 Å². The monoisotopic (exact) mass is 348 g/mol. The first kappa shape index (κ1) is 16.2. The second-order valence-corrected chi connectivity index (χ2v) is 6.13. The molecule has 1 saturated heterocycles. The molecule has 0 unspecified atom stereocenters. The molecule has 2 aromatic rings. The number of aromatic nitrogens is 4. The van der Waals surface area contributed by atoms with Crippen molar-refractivity contribution >= 4 is 19.0 Å². The fourth-order valence-electron chi connectivity index (χ4n) is 2.32. The van der Waals surface area contributed by atoms with Gasteiger partial charge in [-0.3, -0.25) is 13.9 Å². The molecule has 0 aliphatic carbocycles. The molecule has 1 aliphatic rings. The number of H-pyrrole nitrogens is 1. The van der Waals surface area contributed by atoms with Gasteiger partial charge in [-0.2, -0.15) is 0 Å². The number of aliphatic hydroxyl groups excluding tert-OH is 2. The molecule has 0 spiro atoms. The van der Waals surface area contributed by atoms with Gasteiger partial charge >= 0.3 is 7.82 Å². The molecule has 0 radical (unpaired) electrons. The molecule has 4 atom stereocenters. The summed E-state index contributed by atoms with van der Waals surface area (Å²) in [5.41, 5.74) is -0.336. The molecule has 126 valence electrons. The van der Waals surface area contributed by atoms with Gasteiger partial charge in [0.1, 0.15) is 18.3 Å². The number of hydrogen-bond donors (Lipinski definition) is 5. The number of rotatable bonds is 4. The molecule has 1 aliphatic heterocycles. The second kappa shape index (κ2) is 5.76. The number of ether oxygens (including phenoxy) is 1. The highest BCUT2D eigenvalue weighted by atomic mass is 31.2. The van der Waals surface area contributed by atoms with Crippen molar-refractivity contribution in [2.24, 2.45) is 0 Å². The first-order valence-electron chi connectivity index (χ1n) is 6.40. The van der Waals surface area contributed by atoms with Crippen LogP contribution in [0, 0.1) is 0 Å². The predicted octanol–water partition coefficient (Wildman–Crippen LogP) is -2.15. The van der Waals surface area contributed by atoms with Crippen molar-refractivity contribution in [3.8, 4) is 0 Å². The van der Waals surface area contributed by atoms with E-state index in [1.165, 1.54) is 10.9 Å². The first-order valence-corrected chi connectivity index (χ1v) is 7.93. The molecule has 12 nitrogen and oxygen atoms in total. The predicted molar refractivity (Wildman–Crippen MR) is 72.1 cm³/mol. The molecule has 0 bridgehead atoms.